The second kappa shape index (κ2) is 5.96. The Morgan fingerprint density at radius 1 is 1.14 bits per heavy atom. The molecule has 0 spiro atoms. The number of non-ortho nitro benzene ring substituents is 1. The lowest BCUT2D eigenvalue weighted by Crippen LogP contribution is -2.14. The van der Waals surface area contributed by atoms with Gasteiger partial charge in [0.1, 0.15) is 5.82 Å². The van der Waals surface area contributed by atoms with E-state index in [0.29, 0.717) is 10.5 Å². The van der Waals surface area contributed by atoms with Gasteiger partial charge in [0.2, 0.25) is 0 Å². The lowest BCUT2D eigenvalue weighted by atomic mass is 10.2. The normalized spacial score (nSPS) is 10.2. The Morgan fingerprint density at radius 3 is 2.48 bits per heavy atom. The van der Waals surface area contributed by atoms with Gasteiger partial charge in [-0.1, -0.05) is 15.9 Å². The molecule has 1 amide bonds. The maximum absolute atomic E-state index is 13.6. The summed E-state index contributed by atoms with van der Waals surface area (Å²) >= 11 is 3.09. The number of nitrogens with one attached hydrogen (secondary N) is 1. The number of anilines is 1. The molecule has 0 aliphatic carbocycles. The summed E-state index contributed by atoms with van der Waals surface area (Å²) in [6.07, 6.45) is 0. The summed E-state index contributed by atoms with van der Waals surface area (Å²) in [7, 11) is 0. The topological polar surface area (TPSA) is 72.2 Å². The Kier molecular flexibility index (Phi) is 4.27. The van der Waals surface area contributed by atoms with Gasteiger partial charge in [0.15, 0.2) is 5.82 Å². The average molecular weight is 357 g/mol. The van der Waals surface area contributed by atoms with Crippen molar-refractivity contribution in [2.24, 2.45) is 0 Å². The van der Waals surface area contributed by atoms with Crippen molar-refractivity contribution in [3.05, 3.63) is 68.2 Å². The standard InChI is InChI=1S/C13H7BrF2N2O3/c14-7-1-3-10(15)9(5-7)13(19)17-12-4-2-8(18(20)21)6-11(12)16/h1-6H,(H,17,19). The summed E-state index contributed by atoms with van der Waals surface area (Å²) in [4.78, 5) is 21.6. The molecule has 0 radical (unpaired) electrons. The molecule has 1 N–H and O–H groups in total. The van der Waals surface area contributed by atoms with Crippen molar-refractivity contribution in [3.63, 3.8) is 0 Å². The van der Waals surface area contributed by atoms with Gasteiger partial charge in [0.05, 0.1) is 22.2 Å². The number of nitro groups is 1. The first-order chi connectivity index (χ1) is 9.88. The van der Waals surface area contributed by atoms with E-state index in [4.69, 9.17) is 0 Å². The maximum atomic E-state index is 13.6. The molecule has 0 saturated carbocycles. The number of benzene rings is 2. The van der Waals surface area contributed by atoms with Crippen molar-refractivity contribution >= 4 is 33.2 Å². The van der Waals surface area contributed by atoms with Gasteiger partial charge in [0.25, 0.3) is 11.6 Å². The minimum atomic E-state index is -0.979. The number of hydrogen-bond donors (Lipinski definition) is 1. The predicted octanol–water partition coefficient (Wildman–Crippen LogP) is 3.89. The van der Waals surface area contributed by atoms with Gasteiger partial charge in [-0.2, -0.15) is 0 Å². The SMILES string of the molecule is O=C(Nc1ccc([N+](=O)[O-])cc1F)c1cc(Br)ccc1F. The number of amides is 1. The van der Waals surface area contributed by atoms with Crippen LogP contribution in [0.1, 0.15) is 10.4 Å². The zero-order valence-corrected chi connectivity index (χ0v) is 11.9. The molecule has 0 aromatic heterocycles. The highest BCUT2D eigenvalue weighted by molar-refractivity contribution is 9.10. The van der Waals surface area contributed by atoms with Crippen LogP contribution in [0.2, 0.25) is 0 Å². The quantitative estimate of drug-likeness (QED) is 0.669. The fraction of sp³-hybridized carbons (Fsp3) is 0. The van der Waals surface area contributed by atoms with Crippen LogP contribution in [0.4, 0.5) is 20.2 Å². The first-order valence-electron chi connectivity index (χ1n) is 5.59. The highest BCUT2D eigenvalue weighted by Crippen LogP contribution is 2.22. The molecule has 0 saturated heterocycles. The molecule has 108 valence electrons. The summed E-state index contributed by atoms with van der Waals surface area (Å²) in [5.74, 6) is -2.60. The van der Waals surface area contributed by atoms with Crippen molar-refractivity contribution in [3.8, 4) is 0 Å². The van der Waals surface area contributed by atoms with Crippen molar-refractivity contribution in [2.75, 3.05) is 5.32 Å². The molecule has 0 aliphatic heterocycles. The Morgan fingerprint density at radius 2 is 1.86 bits per heavy atom. The van der Waals surface area contributed by atoms with Gasteiger partial charge in [-0.25, -0.2) is 8.78 Å². The summed E-state index contributed by atoms with van der Waals surface area (Å²) < 4.78 is 27.7. The average Bonchev–Trinajstić information content (AvgIpc) is 2.43. The van der Waals surface area contributed by atoms with Crippen LogP contribution in [0.15, 0.2) is 40.9 Å². The van der Waals surface area contributed by atoms with E-state index in [1.54, 1.807) is 0 Å². The Balaban J connectivity index is 2.27. The van der Waals surface area contributed by atoms with Crippen LogP contribution in [0.25, 0.3) is 0 Å². The highest BCUT2D eigenvalue weighted by atomic mass is 79.9. The van der Waals surface area contributed by atoms with Gasteiger partial charge in [-0.05, 0) is 24.3 Å². The molecular weight excluding hydrogens is 350 g/mol. The molecule has 0 atom stereocenters. The summed E-state index contributed by atoms with van der Waals surface area (Å²) in [6.45, 7) is 0. The number of nitrogens with zero attached hydrogens (tertiary/aromatic N) is 1. The lowest BCUT2D eigenvalue weighted by molar-refractivity contribution is -0.385. The van der Waals surface area contributed by atoms with E-state index in [1.807, 2.05) is 0 Å². The molecule has 2 aromatic rings. The Hall–Kier alpha value is -2.35. The van der Waals surface area contributed by atoms with Crippen molar-refractivity contribution in [2.45, 2.75) is 0 Å². The molecule has 5 nitrogen and oxygen atoms in total. The molecule has 2 aromatic carbocycles. The maximum Gasteiger partial charge on any atom is 0.272 e. The Bertz CT molecular complexity index is 737. The van der Waals surface area contributed by atoms with Crippen LogP contribution in [0.5, 0.6) is 0 Å². The molecule has 21 heavy (non-hydrogen) atoms. The van der Waals surface area contributed by atoms with Crippen LogP contribution in [0.3, 0.4) is 0 Å². The van der Waals surface area contributed by atoms with E-state index in [1.165, 1.54) is 12.1 Å². The smallest absolute Gasteiger partial charge is 0.272 e. The van der Waals surface area contributed by atoms with Gasteiger partial charge in [-0.15, -0.1) is 0 Å². The molecule has 0 fully saturated rings. The molecule has 8 heteroatoms. The first kappa shape index (κ1) is 15.0. The molecule has 0 heterocycles. The fourth-order valence-corrected chi connectivity index (χ4v) is 1.94. The third-order valence-corrected chi connectivity index (χ3v) is 3.08. The van der Waals surface area contributed by atoms with Crippen LogP contribution in [-0.4, -0.2) is 10.8 Å². The van der Waals surface area contributed by atoms with Gasteiger partial charge < -0.3 is 5.32 Å². The van der Waals surface area contributed by atoms with Crippen molar-refractivity contribution < 1.29 is 18.5 Å². The van der Waals surface area contributed by atoms with Crippen LogP contribution >= 0.6 is 15.9 Å². The largest absolute Gasteiger partial charge is 0.319 e. The number of hydrogen-bond acceptors (Lipinski definition) is 3. The van der Waals surface area contributed by atoms with Crippen molar-refractivity contribution in [1.82, 2.24) is 0 Å². The van der Waals surface area contributed by atoms with Crippen molar-refractivity contribution in [1.29, 1.82) is 0 Å². The summed E-state index contributed by atoms with van der Waals surface area (Å²) in [5, 5.41) is 12.7. The monoisotopic (exact) mass is 356 g/mol. The Labute approximate surface area is 125 Å². The molecule has 0 unspecified atom stereocenters. The summed E-state index contributed by atoms with van der Waals surface area (Å²) in [6, 6.07) is 6.50. The van der Waals surface area contributed by atoms with Crippen LogP contribution in [-0.2, 0) is 0 Å². The number of nitro benzene ring substituents is 1. The minimum Gasteiger partial charge on any atom is -0.319 e. The highest BCUT2D eigenvalue weighted by Gasteiger charge is 2.16. The van der Waals surface area contributed by atoms with Gasteiger partial charge in [-0.3, -0.25) is 14.9 Å². The van der Waals surface area contributed by atoms with E-state index in [-0.39, 0.29) is 11.3 Å². The van der Waals surface area contributed by atoms with Crippen LogP contribution < -0.4 is 5.32 Å². The van der Waals surface area contributed by atoms with E-state index in [9.17, 15) is 23.7 Å². The van der Waals surface area contributed by atoms with E-state index < -0.39 is 28.2 Å². The van der Waals surface area contributed by atoms with Crippen LogP contribution in [0, 0.1) is 21.7 Å². The van der Waals surface area contributed by atoms with E-state index in [0.717, 1.165) is 18.2 Å². The molecular formula is C13H7BrF2N2O3. The number of rotatable bonds is 3. The second-order valence-corrected chi connectivity index (χ2v) is 4.92. The fourth-order valence-electron chi connectivity index (χ4n) is 1.58. The third-order valence-electron chi connectivity index (χ3n) is 2.58. The number of carbonyl (C=O) groups is 1. The predicted molar refractivity (Wildman–Crippen MR) is 75.1 cm³/mol. The van der Waals surface area contributed by atoms with Gasteiger partial charge >= 0.3 is 0 Å². The lowest BCUT2D eigenvalue weighted by Gasteiger charge is -2.07. The zero-order valence-electron chi connectivity index (χ0n) is 10.3. The first-order valence-corrected chi connectivity index (χ1v) is 6.38. The third kappa shape index (κ3) is 3.40. The molecule has 2 rings (SSSR count). The zero-order chi connectivity index (χ0) is 15.6. The molecule has 0 aliphatic rings. The van der Waals surface area contributed by atoms with E-state index in [2.05, 4.69) is 21.2 Å². The number of halogens is 3. The van der Waals surface area contributed by atoms with E-state index >= 15 is 0 Å². The summed E-state index contributed by atoms with van der Waals surface area (Å²) in [5.41, 5.74) is -0.994. The second-order valence-electron chi connectivity index (χ2n) is 4.00. The number of carbonyl (C=O) groups excluding carboxylic acids is 1. The van der Waals surface area contributed by atoms with Gasteiger partial charge in [0, 0.05) is 10.5 Å². The molecule has 0 bridgehead atoms. The minimum absolute atomic E-state index is 0.273.